The van der Waals surface area contributed by atoms with E-state index < -0.39 is 6.10 Å². The van der Waals surface area contributed by atoms with Crippen LogP contribution in [0.2, 0.25) is 0 Å². The number of methoxy groups -OCH3 is 1. The lowest BCUT2D eigenvalue weighted by molar-refractivity contribution is -0.141. The molecule has 0 heterocycles. The molecule has 1 unspecified atom stereocenters. The van der Waals surface area contributed by atoms with Gasteiger partial charge in [0.2, 0.25) is 0 Å². The molecule has 0 saturated heterocycles. The van der Waals surface area contributed by atoms with Gasteiger partial charge in [-0.05, 0) is 18.2 Å². The molecule has 0 radical (unpaired) electrons. The van der Waals surface area contributed by atoms with Crippen molar-refractivity contribution in [3.63, 3.8) is 0 Å². The van der Waals surface area contributed by atoms with Gasteiger partial charge in [-0.1, -0.05) is 24.3 Å². The normalized spacial score (nSPS) is 12.5. The van der Waals surface area contributed by atoms with Crippen molar-refractivity contribution < 1.29 is 14.6 Å². The fraction of sp³-hybridized carbons (Fsp3) is 0.462. The standard InChI is InChI=1S/C13H20N2O3/c1-15(9-13(17)18-2)8-12(16)11-5-3-10(7-14)4-6-11/h3-6,12,16H,7-9,14H2,1-2H3. The molecule has 0 aliphatic carbocycles. The van der Waals surface area contributed by atoms with Gasteiger partial charge in [0.05, 0.1) is 19.8 Å². The highest BCUT2D eigenvalue weighted by atomic mass is 16.5. The number of esters is 1. The zero-order chi connectivity index (χ0) is 13.5. The third-order valence-corrected chi connectivity index (χ3v) is 2.71. The summed E-state index contributed by atoms with van der Waals surface area (Å²) < 4.78 is 4.56. The lowest BCUT2D eigenvalue weighted by atomic mass is 10.1. The number of nitrogens with two attached hydrogens (primary N) is 1. The van der Waals surface area contributed by atoms with Crippen LogP contribution in [0.5, 0.6) is 0 Å². The van der Waals surface area contributed by atoms with E-state index in [-0.39, 0.29) is 12.5 Å². The van der Waals surface area contributed by atoms with Gasteiger partial charge < -0.3 is 15.6 Å². The van der Waals surface area contributed by atoms with Gasteiger partial charge in [0.15, 0.2) is 0 Å². The monoisotopic (exact) mass is 252 g/mol. The number of nitrogens with zero attached hydrogens (tertiary/aromatic N) is 1. The Balaban J connectivity index is 2.53. The van der Waals surface area contributed by atoms with E-state index in [4.69, 9.17) is 5.73 Å². The van der Waals surface area contributed by atoms with Crippen LogP contribution < -0.4 is 5.73 Å². The van der Waals surface area contributed by atoms with Crippen LogP contribution in [-0.2, 0) is 16.1 Å². The van der Waals surface area contributed by atoms with Gasteiger partial charge in [0.1, 0.15) is 0 Å². The van der Waals surface area contributed by atoms with Gasteiger partial charge in [0.25, 0.3) is 0 Å². The second-order valence-corrected chi connectivity index (χ2v) is 4.23. The summed E-state index contributed by atoms with van der Waals surface area (Å²) in [4.78, 5) is 12.8. The van der Waals surface area contributed by atoms with E-state index in [1.54, 1.807) is 11.9 Å². The Labute approximate surface area is 107 Å². The van der Waals surface area contributed by atoms with E-state index in [1.165, 1.54) is 7.11 Å². The van der Waals surface area contributed by atoms with Crippen LogP contribution in [-0.4, -0.2) is 43.2 Å². The topological polar surface area (TPSA) is 75.8 Å². The van der Waals surface area contributed by atoms with Crippen LogP contribution in [0.25, 0.3) is 0 Å². The average molecular weight is 252 g/mol. The summed E-state index contributed by atoms with van der Waals surface area (Å²) in [5, 5.41) is 10.0. The Kier molecular flexibility index (Phi) is 5.77. The van der Waals surface area contributed by atoms with E-state index in [0.29, 0.717) is 13.1 Å². The zero-order valence-electron chi connectivity index (χ0n) is 10.8. The van der Waals surface area contributed by atoms with Crippen LogP contribution >= 0.6 is 0 Å². The van der Waals surface area contributed by atoms with Crippen LogP contribution in [0.4, 0.5) is 0 Å². The summed E-state index contributed by atoms with van der Waals surface area (Å²) in [5.41, 5.74) is 7.34. The van der Waals surface area contributed by atoms with Gasteiger partial charge in [-0.15, -0.1) is 0 Å². The summed E-state index contributed by atoms with van der Waals surface area (Å²) >= 11 is 0. The minimum atomic E-state index is -0.633. The van der Waals surface area contributed by atoms with Crippen molar-refractivity contribution in [2.45, 2.75) is 12.6 Å². The first-order chi connectivity index (χ1) is 8.56. The minimum absolute atomic E-state index is 0.161. The van der Waals surface area contributed by atoms with Crippen LogP contribution in [0, 0.1) is 0 Å². The maximum absolute atomic E-state index is 11.1. The van der Waals surface area contributed by atoms with Gasteiger partial charge in [-0.25, -0.2) is 0 Å². The second kappa shape index (κ2) is 7.10. The first kappa shape index (κ1) is 14.6. The Morgan fingerprint density at radius 2 is 2.06 bits per heavy atom. The molecule has 0 bridgehead atoms. The molecule has 1 atom stereocenters. The SMILES string of the molecule is COC(=O)CN(C)CC(O)c1ccc(CN)cc1. The Bertz CT molecular complexity index is 378. The van der Waals surface area contributed by atoms with E-state index in [9.17, 15) is 9.90 Å². The number of aliphatic hydroxyl groups is 1. The summed E-state index contributed by atoms with van der Waals surface area (Å²) in [7, 11) is 3.10. The van der Waals surface area contributed by atoms with Crippen LogP contribution in [0.1, 0.15) is 17.2 Å². The number of ether oxygens (including phenoxy) is 1. The average Bonchev–Trinajstić information content (AvgIpc) is 2.38. The minimum Gasteiger partial charge on any atom is -0.468 e. The number of benzene rings is 1. The molecule has 0 saturated carbocycles. The smallest absolute Gasteiger partial charge is 0.319 e. The highest BCUT2D eigenvalue weighted by Gasteiger charge is 2.13. The van der Waals surface area contributed by atoms with Gasteiger partial charge >= 0.3 is 5.97 Å². The largest absolute Gasteiger partial charge is 0.468 e. The van der Waals surface area contributed by atoms with Crippen LogP contribution in [0.15, 0.2) is 24.3 Å². The molecule has 1 aromatic rings. The molecule has 100 valence electrons. The number of hydrogen-bond acceptors (Lipinski definition) is 5. The summed E-state index contributed by atoms with van der Waals surface area (Å²) in [6.07, 6.45) is -0.633. The Morgan fingerprint density at radius 3 is 2.56 bits per heavy atom. The summed E-state index contributed by atoms with van der Waals surface area (Å²) in [6.45, 7) is 1.02. The quantitative estimate of drug-likeness (QED) is 0.711. The molecule has 1 rings (SSSR count). The number of likely N-dealkylation sites (N-methyl/N-ethyl adjacent to an activating group) is 1. The van der Waals surface area contributed by atoms with Crippen molar-refractivity contribution >= 4 is 5.97 Å². The molecular formula is C13H20N2O3. The highest BCUT2D eigenvalue weighted by Crippen LogP contribution is 2.14. The van der Waals surface area contributed by atoms with E-state index in [0.717, 1.165) is 11.1 Å². The van der Waals surface area contributed by atoms with Crippen molar-refractivity contribution in [2.24, 2.45) is 5.73 Å². The van der Waals surface area contributed by atoms with E-state index >= 15 is 0 Å². The predicted molar refractivity (Wildman–Crippen MR) is 68.8 cm³/mol. The predicted octanol–water partition coefficient (Wildman–Crippen LogP) is 0.284. The van der Waals surface area contributed by atoms with E-state index in [2.05, 4.69) is 4.74 Å². The fourth-order valence-electron chi connectivity index (χ4n) is 1.63. The molecule has 0 aliphatic rings. The molecule has 5 heteroatoms. The first-order valence-electron chi connectivity index (χ1n) is 5.79. The zero-order valence-corrected chi connectivity index (χ0v) is 10.8. The van der Waals surface area contributed by atoms with Gasteiger partial charge in [-0.2, -0.15) is 0 Å². The Morgan fingerprint density at radius 1 is 1.44 bits per heavy atom. The molecule has 0 spiro atoms. The molecule has 1 aromatic carbocycles. The van der Waals surface area contributed by atoms with E-state index in [1.807, 2.05) is 24.3 Å². The van der Waals surface area contributed by atoms with Crippen molar-refractivity contribution in [3.05, 3.63) is 35.4 Å². The number of hydrogen-bond donors (Lipinski definition) is 2. The van der Waals surface area contributed by atoms with Crippen molar-refractivity contribution in [1.82, 2.24) is 4.90 Å². The highest BCUT2D eigenvalue weighted by molar-refractivity contribution is 5.71. The number of carbonyl (C=O) groups is 1. The number of rotatable bonds is 6. The molecule has 0 aliphatic heterocycles. The van der Waals surface area contributed by atoms with Gasteiger partial charge in [0, 0.05) is 13.1 Å². The fourth-order valence-corrected chi connectivity index (χ4v) is 1.63. The molecule has 3 N–H and O–H groups in total. The van der Waals surface area contributed by atoms with Crippen molar-refractivity contribution in [1.29, 1.82) is 0 Å². The molecule has 0 aromatic heterocycles. The van der Waals surface area contributed by atoms with Gasteiger partial charge in [-0.3, -0.25) is 9.69 Å². The lowest BCUT2D eigenvalue weighted by Gasteiger charge is -2.19. The third kappa shape index (κ3) is 4.44. The van der Waals surface area contributed by atoms with Crippen molar-refractivity contribution in [3.8, 4) is 0 Å². The second-order valence-electron chi connectivity index (χ2n) is 4.23. The van der Waals surface area contributed by atoms with Crippen molar-refractivity contribution in [2.75, 3.05) is 27.2 Å². The molecule has 5 nitrogen and oxygen atoms in total. The summed E-state index contributed by atoms with van der Waals surface area (Å²) in [6, 6.07) is 7.47. The first-order valence-corrected chi connectivity index (χ1v) is 5.79. The maximum atomic E-state index is 11.1. The maximum Gasteiger partial charge on any atom is 0.319 e. The number of aliphatic hydroxyl groups excluding tert-OH is 1. The molecule has 0 amide bonds. The summed E-state index contributed by atoms with van der Waals surface area (Å²) in [5.74, 6) is -0.317. The molecule has 18 heavy (non-hydrogen) atoms. The molecular weight excluding hydrogens is 232 g/mol. The Hall–Kier alpha value is -1.43. The van der Waals surface area contributed by atoms with Crippen LogP contribution in [0.3, 0.4) is 0 Å². The lowest BCUT2D eigenvalue weighted by Crippen LogP contribution is -2.30. The third-order valence-electron chi connectivity index (χ3n) is 2.71. The number of carbonyl (C=O) groups excluding carboxylic acids is 1. The molecule has 0 fully saturated rings.